The van der Waals surface area contributed by atoms with E-state index in [-0.39, 0.29) is 11.9 Å². The highest BCUT2D eigenvalue weighted by Gasteiger charge is 2.27. The first-order valence-corrected chi connectivity index (χ1v) is 7.46. The molecule has 1 aromatic rings. The summed E-state index contributed by atoms with van der Waals surface area (Å²) in [7, 11) is 0. The van der Waals surface area contributed by atoms with Crippen LogP contribution in [0, 0.1) is 5.92 Å². The van der Waals surface area contributed by atoms with E-state index >= 15 is 0 Å². The molecule has 4 nitrogen and oxygen atoms in total. The van der Waals surface area contributed by atoms with Gasteiger partial charge in [-0.15, -0.1) is 11.3 Å². The van der Waals surface area contributed by atoms with Gasteiger partial charge in [0.2, 0.25) is 0 Å². The van der Waals surface area contributed by atoms with E-state index in [9.17, 15) is 4.79 Å². The van der Waals surface area contributed by atoms with Gasteiger partial charge in [-0.3, -0.25) is 4.79 Å². The molecular formula is C13H20N2O2S. The van der Waals surface area contributed by atoms with Gasteiger partial charge in [-0.25, -0.2) is 4.98 Å². The maximum Gasteiger partial charge on any atom is 0.308 e. The summed E-state index contributed by atoms with van der Waals surface area (Å²) in [5, 5.41) is 6.58. The van der Waals surface area contributed by atoms with E-state index in [0.717, 1.165) is 37.2 Å². The van der Waals surface area contributed by atoms with Crippen LogP contribution in [-0.2, 0) is 16.1 Å². The lowest BCUT2D eigenvalue weighted by Crippen LogP contribution is -2.36. The van der Waals surface area contributed by atoms with Gasteiger partial charge in [0.1, 0.15) is 5.01 Å². The van der Waals surface area contributed by atoms with Crippen molar-refractivity contribution in [3.05, 3.63) is 16.6 Å². The van der Waals surface area contributed by atoms with E-state index in [0.29, 0.717) is 12.6 Å². The van der Waals surface area contributed by atoms with E-state index in [1.54, 1.807) is 11.3 Å². The average molecular weight is 268 g/mol. The molecule has 0 aliphatic heterocycles. The van der Waals surface area contributed by atoms with Crippen molar-refractivity contribution in [2.24, 2.45) is 5.92 Å². The quantitative estimate of drug-likeness (QED) is 0.833. The summed E-state index contributed by atoms with van der Waals surface area (Å²) in [5.41, 5.74) is 0. The minimum absolute atomic E-state index is 0.0294. The van der Waals surface area contributed by atoms with E-state index in [4.69, 9.17) is 4.74 Å². The third-order valence-electron chi connectivity index (χ3n) is 3.32. The Labute approximate surface area is 112 Å². The van der Waals surface area contributed by atoms with Crippen LogP contribution in [0.5, 0.6) is 0 Å². The highest BCUT2D eigenvalue weighted by atomic mass is 32.1. The van der Waals surface area contributed by atoms with E-state index < -0.39 is 0 Å². The number of thiazole rings is 1. The van der Waals surface area contributed by atoms with Gasteiger partial charge in [0.25, 0.3) is 0 Å². The van der Waals surface area contributed by atoms with Gasteiger partial charge >= 0.3 is 5.97 Å². The molecule has 1 N–H and O–H groups in total. The highest BCUT2D eigenvalue weighted by molar-refractivity contribution is 7.09. The van der Waals surface area contributed by atoms with Crippen LogP contribution in [0.4, 0.5) is 0 Å². The van der Waals surface area contributed by atoms with Crippen molar-refractivity contribution < 1.29 is 9.53 Å². The minimum atomic E-state index is -0.0294. The lowest BCUT2D eigenvalue weighted by molar-refractivity contribution is -0.149. The molecule has 0 saturated heterocycles. The summed E-state index contributed by atoms with van der Waals surface area (Å²) in [6.45, 7) is 3.14. The molecule has 1 aliphatic rings. The third kappa shape index (κ3) is 3.78. The third-order valence-corrected chi connectivity index (χ3v) is 4.10. The fourth-order valence-electron chi connectivity index (χ4n) is 2.42. The molecule has 2 unspecified atom stereocenters. The molecule has 0 aromatic carbocycles. The first-order chi connectivity index (χ1) is 8.79. The van der Waals surface area contributed by atoms with Crippen LogP contribution in [-0.4, -0.2) is 23.6 Å². The second-order valence-corrected chi connectivity index (χ2v) is 5.60. The van der Waals surface area contributed by atoms with E-state index in [1.165, 1.54) is 0 Å². The smallest absolute Gasteiger partial charge is 0.308 e. The van der Waals surface area contributed by atoms with Crippen molar-refractivity contribution in [3.63, 3.8) is 0 Å². The molecule has 2 atom stereocenters. The minimum Gasteiger partial charge on any atom is -0.466 e. The number of ether oxygens (including phenoxy) is 1. The largest absolute Gasteiger partial charge is 0.466 e. The summed E-state index contributed by atoms with van der Waals surface area (Å²) in [4.78, 5) is 16.0. The Morgan fingerprint density at radius 3 is 3.22 bits per heavy atom. The Morgan fingerprint density at radius 1 is 1.61 bits per heavy atom. The number of carbonyl (C=O) groups is 1. The molecule has 1 saturated carbocycles. The molecule has 0 bridgehead atoms. The Balaban J connectivity index is 1.77. The van der Waals surface area contributed by atoms with Gasteiger partial charge < -0.3 is 10.1 Å². The second-order valence-electron chi connectivity index (χ2n) is 4.62. The topological polar surface area (TPSA) is 51.2 Å². The molecule has 5 heteroatoms. The van der Waals surface area contributed by atoms with Crippen molar-refractivity contribution in [1.82, 2.24) is 10.3 Å². The van der Waals surface area contributed by atoms with Crippen LogP contribution in [0.1, 0.15) is 37.6 Å². The van der Waals surface area contributed by atoms with Crippen molar-refractivity contribution in [1.29, 1.82) is 0 Å². The number of hydrogen-bond acceptors (Lipinski definition) is 5. The predicted octanol–water partition coefficient (Wildman–Crippen LogP) is 2.35. The first kappa shape index (κ1) is 13.5. The standard InChI is InChI=1S/C13H20N2O2S/c1-2-17-13(16)10-4-3-5-11(8-10)15-9-12-14-6-7-18-12/h6-7,10-11,15H,2-5,8-9H2,1H3. The Bertz CT molecular complexity index is 367. The molecule has 1 aromatic heterocycles. The van der Waals surface area contributed by atoms with Gasteiger partial charge in [-0.2, -0.15) is 0 Å². The predicted molar refractivity (Wildman–Crippen MR) is 71.3 cm³/mol. The van der Waals surface area contributed by atoms with Crippen LogP contribution in [0.15, 0.2) is 11.6 Å². The van der Waals surface area contributed by atoms with Crippen molar-refractivity contribution in [2.75, 3.05) is 6.61 Å². The Hall–Kier alpha value is -0.940. The second kappa shape index (κ2) is 6.85. The van der Waals surface area contributed by atoms with E-state index in [1.807, 2.05) is 18.5 Å². The molecule has 18 heavy (non-hydrogen) atoms. The summed E-state index contributed by atoms with van der Waals surface area (Å²) in [6, 6.07) is 0.414. The number of nitrogens with one attached hydrogen (secondary N) is 1. The monoisotopic (exact) mass is 268 g/mol. The number of hydrogen-bond donors (Lipinski definition) is 1. The number of carbonyl (C=O) groups excluding carboxylic acids is 1. The molecule has 1 fully saturated rings. The Kier molecular flexibility index (Phi) is 5.13. The van der Waals surface area contributed by atoms with Crippen molar-refractivity contribution in [2.45, 2.75) is 45.2 Å². The van der Waals surface area contributed by atoms with E-state index in [2.05, 4.69) is 10.3 Å². The summed E-state index contributed by atoms with van der Waals surface area (Å²) < 4.78 is 5.10. The normalized spacial score (nSPS) is 23.8. The number of rotatable bonds is 5. The van der Waals surface area contributed by atoms with Gasteiger partial charge in [0.05, 0.1) is 12.5 Å². The molecule has 0 amide bonds. The zero-order chi connectivity index (χ0) is 12.8. The number of esters is 1. The summed E-state index contributed by atoms with van der Waals surface area (Å²) >= 11 is 1.66. The lowest BCUT2D eigenvalue weighted by atomic mass is 9.86. The first-order valence-electron chi connectivity index (χ1n) is 6.58. The number of nitrogens with zero attached hydrogens (tertiary/aromatic N) is 1. The molecule has 1 aliphatic carbocycles. The zero-order valence-corrected chi connectivity index (χ0v) is 11.5. The van der Waals surface area contributed by atoms with Crippen LogP contribution in [0.2, 0.25) is 0 Å². The molecule has 2 rings (SSSR count). The SMILES string of the molecule is CCOC(=O)C1CCCC(NCc2nccs2)C1. The zero-order valence-electron chi connectivity index (χ0n) is 10.7. The van der Waals surface area contributed by atoms with Crippen LogP contribution in [0.3, 0.4) is 0 Å². The van der Waals surface area contributed by atoms with Crippen LogP contribution < -0.4 is 5.32 Å². The average Bonchev–Trinajstić information content (AvgIpc) is 2.90. The molecule has 0 spiro atoms. The number of aromatic nitrogens is 1. The molecule has 100 valence electrons. The summed E-state index contributed by atoms with van der Waals surface area (Å²) in [6.07, 6.45) is 5.92. The lowest BCUT2D eigenvalue weighted by Gasteiger charge is -2.28. The summed E-state index contributed by atoms with van der Waals surface area (Å²) in [5.74, 6) is 0.0470. The van der Waals surface area contributed by atoms with Crippen LogP contribution in [0.25, 0.3) is 0 Å². The van der Waals surface area contributed by atoms with Gasteiger partial charge in [0.15, 0.2) is 0 Å². The fourth-order valence-corrected chi connectivity index (χ4v) is 2.99. The van der Waals surface area contributed by atoms with Gasteiger partial charge in [-0.1, -0.05) is 6.42 Å². The fraction of sp³-hybridized carbons (Fsp3) is 0.692. The maximum atomic E-state index is 11.7. The highest BCUT2D eigenvalue weighted by Crippen LogP contribution is 2.25. The van der Waals surface area contributed by atoms with Crippen LogP contribution >= 0.6 is 11.3 Å². The molecule has 0 radical (unpaired) electrons. The van der Waals surface area contributed by atoms with Gasteiger partial charge in [0, 0.05) is 24.2 Å². The van der Waals surface area contributed by atoms with Gasteiger partial charge in [-0.05, 0) is 26.2 Å². The van der Waals surface area contributed by atoms with Crippen molar-refractivity contribution in [3.8, 4) is 0 Å². The van der Waals surface area contributed by atoms with Crippen molar-refractivity contribution >= 4 is 17.3 Å². The maximum absolute atomic E-state index is 11.7. The molecule has 1 heterocycles. The molecular weight excluding hydrogens is 248 g/mol. The Morgan fingerprint density at radius 2 is 2.50 bits per heavy atom.